The molecule has 2 aromatic carbocycles. The van der Waals surface area contributed by atoms with E-state index >= 15 is 0 Å². The monoisotopic (exact) mass is 298 g/mol. The van der Waals surface area contributed by atoms with Crippen molar-refractivity contribution in [2.75, 3.05) is 7.11 Å². The number of hydrogen-bond donors (Lipinski definition) is 1. The Bertz CT molecular complexity index is 610. The molecule has 0 atom stereocenters. The maximum atomic E-state index is 13.2. The van der Waals surface area contributed by atoms with Crippen LogP contribution < -0.4 is 4.74 Å². The van der Waals surface area contributed by atoms with Crippen molar-refractivity contribution >= 4 is 32.7 Å². The van der Waals surface area contributed by atoms with Crippen molar-refractivity contribution < 1.29 is 19.0 Å². The van der Waals surface area contributed by atoms with Gasteiger partial charge in [0.15, 0.2) is 0 Å². The van der Waals surface area contributed by atoms with Crippen molar-refractivity contribution in [1.29, 1.82) is 0 Å². The van der Waals surface area contributed by atoms with Crippen LogP contribution in [0.2, 0.25) is 0 Å². The molecular weight excluding hydrogens is 291 g/mol. The second kappa shape index (κ2) is 4.33. The number of methoxy groups -OCH3 is 1. The molecule has 0 aliphatic carbocycles. The normalized spacial score (nSPS) is 10.5. The summed E-state index contributed by atoms with van der Waals surface area (Å²) in [5.41, 5.74) is 0.0842. The number of aromatic carboxylic acids is 1. The lowest BCUT2D eigenvalue weighted by Crippen LogP contribution is -2.00. The number of rotatable bonds is 2. The maximum Gasteiger partial charge on any atom is 0.337 e. The highest BCUT2D eigenvalue weighted by molar-refractivity contribution is 9.10. The number of halogens is 2. The van der Waals surface area contributed by atoms with Gasteiger partial charge in [-0.25, -0.2) is 9.18 Å². The summed E-state index contributed by atoms with van der Waals surface area (Å²) in [6.45, 7) is 0. The van der Waals surface area contributed by atoms with Gasteiger partial charge in [-0.15, -0.1) is 0 Å². The van der Waals surface area contributed by atoms with Gasteiger partial charge < -0.3 is 9.84 Å². The van der Waals surface area contributed by atoms with Gasteiger partial charge in [0.2, 0.25) is 0 Å². The summed E-state index contributed by atoms with van der Waals surface area (Å²) >= 11 is 3.21. The highest BCUT2D eigenvalue weighted by atomic mass is 79.9. The SMILES string of the molecule is COc1cc(C(=O)O)c(Br)c2ccc(F)cc12. The Morgan fingerprint density at radius 1 is 1.35 bits per heavy atom. The van der Waals surface area contributed by atoms with Crippen molar-refractivity contribution in [3.8, 4) is 5.75 Å². The van der Waals surface area contributed by atoms with Crippen LogP contribution in [0.4, 0.5) is 4.39 Å². The molecular formula is C12H8BrFO3. The lowest BCUT2D eigenvalue weighted by Gasteiger charge is -2.10. The van der Waals surface area contributed by atoms with Gasteiger partial charge in [-0.2, -0.15) is 0 Å². The highest BCUT2D eigenvalue weighted by Gasteiger charge is 2.15. The Morgan fingerprint density at radius 2 is 2.06 bits per heavy atom. The minimum absolute atomic E-state index is 0.0842. The van der Waals surface area contributed by atoms with Crippen LogP contribution >= 0.6 is 15.9 Å². The molecule has 0 fully saturated rings. The van der Waals surface area contributed by atoms with E-state index in [-0.39, 0.29) is 5.56 Å². The molecule has 88 valence electrons. The van der Waals surface area contributed by atoms with Crippen molar-refractivity contribution in [2.45, 2.75) is 0 Å². The zero-order chi connectivity index (χ0) is 12.6. The summed E-state index contributed by atoms with van der Waals surface area (Å²) in [6.07, 6.45) is 0. The fourth-order valence-electron chi connectivity index (χ4n) is 1.65. The first-order valence-corrected chi connectivity index (χ1v) is 5.53. The lowest BCUT2D eigenvalue weighted by atomic mass is 10.1. The van der Waals surface area contributed by atoms with Crippen molar-refractivity contribution in [2.24, 2.45) is 0 Å². The molecule has 2 aromatic rings. The molecule has 0 heterocycles. The average molecular weight is 299 g/mol. The fraction of sp³-hybridized carbons (Fsp3) is 0.0833. The topological polar surface area (TPSA) is 46.5 Å². The van der Waals surface area contributed by atoms with E-state index in [0.717, 1.165) is 0 Å². The van der Waals surface area contributed by atoms with E-state index in [4.69, 9.17) is 9.84 Å². The Balaban J connectivity index is 2.89. The molecule has 5 heteroatoms. The summed E-state index contributed by atoms with van der Waals surface area (Å²) in [6, 6.07) is 5.47. The first kappa shape index (κ1) is 11.9. The second-order valence-corrected chi connectivity index (χ2v) is 4.23. The molecule has 0 spiro atoms. The first-order valence-electron chi connectivity index (χ1n) is 4.73. The van der Waals surface area contributed by atoms with Crippen molar-refractivity contribution in [3.05, 3.63) is 40.1 Å². The third-order valence-corrected chi connectivity index (χ3v) is 3.30. The lowest BCUT2D eigenvalue weighted by molar-refractivity contribution is 0.0695. The maximum absolute atomic E-state index is 13.2. The zero-order valence-electron chi connectivity index (χ0n) is 8.83. The smallest absolute Gasteiger partial charge is 0.337 e. The summed E-state index contributed by atoms with van der Waals surface area (Å²) in [5.74, 6) is -1.13. The molecule has 2 rings (SSSR count). The highest BCUT2D eigenvalue weighted by Crippen LogP contribution is 2.35. The number of hydrogen-bond acceptors (Lipinski definition) is 2. The van der Waals surface area contributed by atoms with Crippen LogP contribution in [-0.4, -0.2) is 18.2 Å². The molecule has 3 nitrogen and oxygen atoms in total. The minimum atomic E-state index is -1.07. The van der Waals surface area contributed by atoms with Crippen LogP contribution in [0, 0.1) is 5.82 Å². The molecule has 17 heavy (non-hydrogen) atoms. The van der Waals surface area contributed by atoms with E-state index in [9.17, 15) is 9.18 Å². The first-order chi connectivity index (χ1) is 8.04. The van der Waals surface area contributed by atoms with Crippen LogP contribution in [-0.2, 0) is 0 Å². The van der Waals surface area contributed by atoms with Gasteiger partial charge in [0.05, 0.1) is 12.7 Å². The Morgan fingerprint density at radius 3 is 2.65 bits per heavy atom. The van der Waals surface area contributed by atoms with Crippen LogP contribution in [0.3, 0.4) is 0 Å². The molecule has 0 aliphatic heterocycles. The molecule has 0 aliphatic rings. The summed E-state index contributed by atoms with van der Waals surface area (Å²) in [4.78, 5) is 11.0. The number of ether oxygens (including phenoxy) is 1. The predicted octanol–water partition coefficient (Wildman–Crippen LogP) is 3.45. The van der Waals surface area contributed by atoms with E-state index < -0.39 is 11.8 Å². The van der Waals surface area contributed by atoms with E-state index in [0.29, 0.717) is 21.0 Å². The van der Waals surface area contributed by atoms with Crippen molar-refractivity contribution in [1.82, 2.24) is 0 Å². The molecule has 0 amide bonds. The van der Waals surface area contributed by atoms with Gasteiger partial charge in [0.1, 0.15) is 11.6 Å². The predicted molar refractivity (Wildman–Crippen MR) is 65.1 cm³/mol. The largest absolute Gasteiger partial charge is 0.496 e. The standard InChI is InChI=1S/C12H8BrFO3/c1-17-10-5-9(12(15)16)11(13)7-3-2-6(14)4-8(7)10/h2-5H,1H3,(H,15,16). The van der Waals surface area contributed by atoms with Crippen molar-refractivity contribution in [3.63, 3.8) is 0 Å². The molecule has 0 unspecified atom stereocenters. The summed E-state index contributed by atoms with van der Waals surface area (Å²) in [5, 5.41) is 10.2. The number of benzene rings is 2. The number of carbonyl (C=O) groups is 1. The fourth-order valence-corrected chi connectivity index (χ4v) is 2.28. The van der Waals surface area contributed by atoms with Gasteiger partial charge in [-0.05, 0) is 34.1 Å². The number of fused-ring (bicyclic) bond motifs is 1. The van der Waals surface area contributed by atoms with Crippen LogP contribution in [0.15, 0.2) is 28.7 Å². The average Bonchev–Trinajstić information content (AvgIpc) is 2.29. The molecule has 0 saturated carbocycles. The molecule has 0 radical (unpaired) electrons. The summed E-state index contributed by atoms with van der Waals surface area (Å²) in [7, 11) is 1.42. The Labute approximate surface area is 105 Å². The van der Waals surface area contributed by atoms with Gasteiger partial charge in [-0.1, -0.05) is 6.07 Å². The third-order valence-electron chi connectivity index (χ3n) is 2.45. The van der Waals surface area contributed by atoms with E-state index in [1.54, 1.807) is 0 Å². The Kier molecular flexibility index (Phi) is 3.02. The van der Waals surface area contributed by atoms with E-state index in [1.165, 1.54) is 31.4 Å². The molecule has 0 bridgehead atoms. The minimum Gasteiger partial charge on any atom is -0.496 e. The molecule has 1 N–H and O–H groups in total. The third kappa shape index (κ3) is 1.98. The van der Waals surface area contributed by atoms with Crippen LogP contribution in [0.1, 0.15) is 10.4 Å². The van der Waals surface area contributed by atoms with Gasteiger partial charge in [0.25, 0.3) is 0 Å². The van der Waals surface area contributed by atoms with Gasteiger partial charge in [0, 0.05) is 15.2 Å². The number of carboxylic acids is 1. The number of carboxylic acid groups (broad SMARTS) is 1. The van der Waals surface area contributed by atoms with Crippen LogP contribution in [0.5, 0.6) is 5.75 Å². The molecule has 0 saturated heterocycles. The zero-order valence-corrected chi connectivity index (χ0v) is 10.4. The summed E-state index contributed by atoms with van der Waals surface area (Å²) < 4.78 is 18.7. The van der Waals surface area contributed by atoms with Gasteiger partial charge >= 0.3 is 5.97 Å². The molecule has 0 aromatic heterocycles. The van der Waals surface area contributed by atoms with Gasteiger partial charge in [-0.3, -0.25) is 0 Å². The second-order valence-electron chi connectivity index (χ2n) is 3.44. The van der Waals surface area contributed by atoms with Crippen LogP contribution in [0.25, 0.3) is 10.8 Å². The quantitative estimate of drug-likeness (QED) is 0.924. The van der Waals surface area contributed by atoms with E-state index in [2.05, 4.69) is 15.9 Å². The Hall–Kier alpha value is -1.62. The van der Waals surface area contributed by atoms with E-state index in [1.807, 2.05) is 0 Å².